The normalized spacial score (nSPS) is 13.0. The molecule has 1 aromatic carbocycles. The van der Waals surface area contributed by atoms with Crippen LogP contribution in [0.15, 0.2) is 42.3 Å². The van der Waals surface area contributed by atoms with Gasteiger partial charge in [-0.05, 0) is 50.8 Å². The van der Waals surface area contributed by atoms with Crippen molar-refractivity contribution in [2.24, 2.45) is 0 Å². The number of aryl methyl sites for hydroxylation is 3. The number of rotatable bonds is 7. The molecule has 1 aliphatic rings. The zero-order chi connectivity index (χ0) is 20.2. The number of hydrogen-bond donors (Lipinski definition) is 0. The molecule has 1 amide bonds. The maximum Gasteiger partial charge on any atom is 0.260 e. The van der Waals surface area contributed by atoms with Gasteiger partial charge in [-0.25, -0.2) is 9.97 Å². The predicted octanol–water partition coefficient (Wildman–Crippen LogP) is 5.20. The number of hydrogen-bond acceptors (Lipinski definition) is 6. The highest BCUT2D eigenvalue weighted by Crippen LogP contribution is 2.32. The number of ether oxygens (including phenoxy) is 1. The first-order valence-corrected chi connectivity index (χ1v) is 11.4. The van der Waals surface area contributed by atoms with Crippen LogP contribution in [0, 0.1) is 6.92 Å². The van der Waals surface area contributed by atoms with Gasteiger partial charge in [-0.2, -0.15) is 0 Å². The van der Waals surface area contributed by atoms with E-state index in [2.05, 4.69) is 11.6 Å². The lowest BCUT2D eigenvalue weighted by atomic mass is 10.0. The minimum absolute atomic E-state index is 0.0917. The van der Waals surface area contributed by atoms with E-state index < -0.39 is 0 Å². The topological polar surface area (TPSA) is 55.3 Å². The summed E-state index contributed by atoms with van der Waals surface area (Å²) in [4.78, 5) is 25.4. The number of nitrogens with zero attached hydrogens (tertiary/aromatic N) is 3. The van der Waals surface area contributed by atoms with E-state index in [0.717, 1.165) is 34.4 Å². The molecule has 0 N–H and O–H groups in total. The SMILES string of the molecule is C=CCN(C(=O)c1cccc(OCc2csc(C)n2)c1)c1nc2c(s1)CCCC2. The number of fused-ring (bicyclic) bond motifs is 1. The number of benzene rings is 1. The monoisotopic (exact) mass is 425 g/mol. The highest BCUT2D eigenvalue weighted by Gasteiger charge is 2.23. The highest BCUT2D eigenvalue weighted by molar-refractivity contribution is 7.16. The molecule has 0 saturated carbocycles. The molecule has 0 bridgehead atoms. The van der Waals surface area contributed by atoms with Gasteiger partial charge in [-0.1, -0.05) is 12.1 Å². The highest BCUT2D eigenvalue weighted by atomic mass is 32.1. The Labute approximate surface area is 178 Å². The van der Waals surface area contributed by atoms with E-state index in [4.69, 9.17) is 9.72 Å². The van der Waals surface area contributed by atoms with Crippen molar-refractivity contribution < 1.29 is 9.53 Å². The lowest BCUT2D eigenvalue weighted by molar-refractivity contribution is 0.0989. The molecule has 2 heterocycles. The van der Waals surface area contributed by atoms with Crippen LogP contribution in [0.25, 0.3) is 0 Å². The van der Waals surface area contributed by atoms with E-state index in [0.29, 0.717) is 24.5 Å². The molecule has 0 spiro atoms. The third-order valence-corrected chi connectivity index (χ3v) is 6.76. The fraction of sp³-hybridized carbons (Fsp3) is 0.318. The summed E-state index contributed by atoms with van der Waals surface area (Å²) in [6, 6.07) is 7.29. The third kappa shape index (κ3) is 4.57. The number of amides is 1. The first-order valence-electron chi connectivity index (χ1n) is 9.69. The van der Waals surface area contributed by atoms with Crippen molar-refractivity contribution in [3.05, 3.63) is 69.1 Å². The van der Waals surface area contributed by atoms with Gasteiger partial charge in [0.25, 0.3) is 5.91 Å². The van der Waals surface area contributed by atoms with Crippen LogP contribution < -0.4 is 9.64 Å². The van der Waals surface area contributed by atoms with Gasteiger partial charge >= 0.3 is 0 Å². The average Bonchev–Trinajstić information content (AvgIpc) is 3.36. The summed E-state index contributed by atoms with van der Waals surface area (Å²) in [6.07, 6.45) is 6.17. The second kappa shape index (κ2) is 8.88. The van der Waals surface area contributed by atoms with E-state index in [9.17, 15) is 4.79 Å². The quantitative estimate of drug-likeness (QED) is 0.488. The Morgan fingerprint density at radius 1 is 1.31 bits per heavy atom. The van der Waals surface area contributed by atoms with Crippen molar-refractivity contribution in [1.29, 1.82) is 0 Å². The number of carbonyl (C=O) groups excluding carboxylic acids is 1. The molecule has 0 aliphatic heterocycles. The smallest absolute Gasteiger partial charge is 0.260 e. The molecule has 29 heavy (non-hydrogen) atoms. The van der Waals surface area contributed by atoms with Crippen LogP contribution in [0.2, 0.25) is 0 Å². The zero-order valence-electron chi connectivity index (χ0n) is 16.4. The van der Waals surface area contributed by atoms with Gasteiger partial charge in [0.05, 0.1) is 16.4 Å². The van der Waals surface area contributed by atoms with E-state index in [1.165, 1.54) is 17.7 Å². The third-order valence-electron chi connectivity index (χ3n) is 4.76. The van der Waals surface area contributed by atoms with Gasteiger partial charge in [-0.3, -0.25) is 9.69 Å². The van der Waals surface area contributed by atoms with Crippen LogP contribution in [0.5, 0.6) is 5.75 Å². The molecule has 0 atom stereocenters. The summed E-state index contributed by atoms with van der Waals surface area (Å²) >= 11 is 3.23. The van der Waals surface area contributed by atoms with Gasteiger partial charge in [0.15, 0.2) is 5.13 Å². The molecule has 0 fully saturated rings. The summed E-state index contributed by atoms with van der Waals surface area (Å²) in [5.41, 5.74) is 2.62. The Balaban J connectivity index is 1.53. The molecule has 1 aliphatic carbocycles. The van der Waals surface area contributed by atoms with Crippen molar-refractivity contribution in [1.82, 2.24) is 9.97 Å². The van der Waals surface area contributed by atoms with Crippen LogP contribution in [0.4, 0.5) is 5.13 Å². The molecule has 5 nitrogen and oxygen atoms in total. The zero-order valence-corrected chi connectivity index (χ0v) is 18.0. The largest absolute Gasteiger partial charge is 0.487 e. The molecule has 0 unspecified atom stereocenters. The lowest BCUT2D eigenvalue weighted by Crippen LogP contribution is -2.31. The van der Waals surface area contributed by atoms with Gasteiger partial charge in [0.2, 0.25) is 0 Å². The molecule has 0 radical (unpaired) electrons. The van der Waals surface area contributed by atoms with Gasteiger partial charge < -0.3 is 4.74 Å². The van der Waals surface area contributed by atoms with Crippen molar-refractivity contribution >= 4 is 33.7 Å². The number of aromatic nitrogens is 2. The van der Waals surface area contributed by atoms with Crippen LogP contribution in [0.1, 0.15) is 44.5 Å². The summed E-state index contributed by atoms with van der Waals surface area (Å²) in [5, 5.41) is 3.75. The van der Waals surface area contributed by atoms with Gasteiger partial charge in [-0.15, -0.1) is 29.3 Å². The first-order chi connectivity index (χ1) is 14.1. The Kier molecular flexibility index (Phi) is 6.06. The van der Waals surface area contributed by atoms with E-state index >= 15 is 0 Å². The number of anilines is 1. The molecule has 2 aromatic heterocycles. The second-order valence-electron chi connectivity index (χ2n) is 6.95. The summed E-state index contributed by atoms with van der Waals surface area (Å²) in [6.45, 7) is 6.60. The van der Waals surface area contributed by atoms with Crippen molar-refractivity contribution in [3.63, 3.8) is 0 Å². The van der Waals surface area contributed by atoms with E-state index in [1.807, 2.05) is 30.5 Å². The minimum Gasteiger partial charge on any atom is -0.487 e. The second-order valence-corrected chi connectivity index (χ2v) is 9.08. The Hall–Kier alpha value is -2.51. The number of thiazole rings is 2. The Morgan fingerprint density at radius 3 is 2.93 bits per heavy atom. The lowest BCUT2D eigenvalue weighted by Gasteiger charge is -2.18. The first kappa shape index (κ1) is 19.8. The van der Waals surface area contributed by atoms with Crippen LogP contribution in [0.3, 0.4) is 0 Å². The Morgan fingerprint density at radius 2 is 2.17 bits per heavy atom. The molecular weight excluding hydrogens is 402 g/mol. The average molecular weight is 426 g/mol. The van der Waals surface area contributed by atoms with Crippen molar-refractivity contribution in [3.8, 4) is 5.75 Å². The van der Waals surface area contributed by atoms with Crippen molar-refractivity contribution in [2.75, 3.05) is 11.4 Å². The fourth-order valence-corrected chi connectivity index (χ4v) is 5.09. The minimum atomic E-state index is -0.0917. The molecule has 3 aromatic rings. The Bertz CT molecular complexity index is 1000. The molecule has 7 heteroatoms. The van der Waals surface area contributed by atoms with Crippen LogP contribution in [-0.2, 0) is 19.4 Å². The van der Waals surface area contributed by atoms with Crippen LogP contribution in [-0.4, -0.2) is 22.4 Å². The van der Waals surface area contributed by atoms with E-state index in [1.54, 1.807) is 39.7 Å². The molecule has 4 rings (SSSR count). The summed E-state index contributed by atoms with van der Waals surface area (Å²) in [5.74, 6) is 0.560. The summed E-state index contributed by atoms with van der Waals surface area (Å²) in [7, 11) is 0. The van der Waals surface area contributed by atoms with E-state index in [-0.39, 0.29) is 5.91 Å². The van der Waals surface area contributed by atoms with Gasteiger partial charge in [0.1, 0.15) is 12.4 Å². The maximum absolute atomic E-state index is 13.3. The fourth-order valence-electron chi connectivity index (χ4n) is 3.34. The van der Waals surface area contributed by atoms with Gasteiger partial charge in [0, 0.05) is 22.4 Å². The maximum atomic E-state index is 13.3. The van der Waals surface area contributed by atoms with Crippen molar-refractivity contribution in [2.45, 2.75) is 39.2 Å². The number of carbonyl (C=O) groups is 1. The predicted molar refractivity (Wildman–Crippen MR) is 118 cm³/mol. The summed E-state index contributed by atoms with van der Waals surface area (Å²) < 4.78 is 5.85. The standard InChI is InChI=1S/C22H23N3O2S2/c1-3-11-25(22-24-19-9-4-5-10-20(19)29-22)21(26)16-7-6-8-18(12-16)27-13-17-14-28-15(2)23-17/h3,6-8,12,14H,1,4-5,9-11,13H2,2H3. The molecular formula is C22H23N3O2S2. The van der Waals surface area contributed by atoms with Crippen LogP contribution >= 0.6 is 22.7 Å². The molecule has 150 valence electrons. The molecule has 0 saturated heterocycles.